The molecule has 2 aromatic rings. The highest BCUT2D eigenvalue weighted by Crippen LogP contribution is 2.28. The average Bonchev–Trinajstić information content (AvgIpc) is 2.52. The molecule has 0 saturated heterocycles. The summed E-state index contributed by atoms with van der Waals surface area (Å²) in [6.07, 6.45) is 0. The van der Waals surface area contributed by atoms with Gasteiger partial charge in [0.15, 0.2) is 6.04 Å². The number of hydrogen-bond donors (Lipinski definition) is 3. The van der Waals surface area contributed by atoms with Gasteiger partial charge in [-0.25, -0.2) is 4.79 Å². The van der Waals surface area contributed by atoms with Crippen molar-refractivity contribution >= 4 is 11.7 Å². The first-order valence-electron chi connectivity index (χ1n) is 6.99. The molecular formula is C17H16N2O4. The number of nitrogens with zero attached hydrogens (tertiary/aromatic N) is 1. The van der Waals surface area contributed by atoms with E-state index in [1.165, 1.54) is 12.1 Å². The number of phenols is 1. The summed E-state index contributed by atoms with van der Waals surface area (Å²) in [5.74, 6) is -0.767. The van der Waals surface area contributed by atoms with E-state index in [0.717, 1.165) is 0 Å². The van der Waals surface area contributed by atoms with Crippen LogP contribution < -0.4 is 10.1 Å². The van der Waals surface area contributed by atoms with Crippen molar-refractivity contribution in [2.45, 2.75) is 13.0 Å². The molecule has 3 N–H and O–H groups in total. The maximum atomic E-state index is 11.6. The van der Waals surface area contributed by atoms with Crippen LogP contribution in [0.3, 0.4) is 0 Å². The van der Waals surface area contributed by atoms with Crippen LogP contribution in [-0.4, -0.2) is 22.8 Å². The highest BCUT2D eigenvalue weighted by atomic mass is 16.5. The number of aromatic hydroxyl groups is 1. The highest BCUT2D eigenvalue weighted by molar-refractivity contribution is 5.79. The third-order valence-electron chi connectivity index (χ3n) is 3.13. The zero-order chi connectivity index (χ0) is 16.8. The van der Waals surface area contributed by atoms with Gasteiger partial charge in [-0.3, -0.25) is 0 Å². The predicted octanol–water partition coefficient (Wildman–Crippen LogP) is 2.90. The Morgan fingerprint density at radius 3 is 2.57 bits per heavy atom. The molecule has 23 heavy (non-hydrogen) atoms. The number of carboxylic acids is 1. The lowest BCUT2D eigenvalue weighted by Gasteiger charge is -2.17. The molecule has 1 unspecified atom stereocenters. The van der Waals surface area contributed by atoms with E-state index >= 15 is 0 Å². The lowest BCUT2D eigenvalue weighted by molar-refractivity contribution is -0.138. The molecule has 0 saturated carbocycles. The Labute approximate surface area is 133 Å². The number of rotatable bonds is 6. The Kier molecular flexibility index (Phi) is 5.05. The van der Waals surface area contributed by atoms with Crippen LogP contribution >= 0.6 is 0 Å². The fourth-order valence-corrected chi connectivity index (χ4v) is 2.12. The van der Waals surface area contributed by atoms with Gasteiger partial charge in [0, 0.05) is 11.8 Å². The van der Waals surface area contributed by atoms with Gasteiger partial charge in [-0.05, 0) is 48.9 Å². The van der Waals surface area contributed by atoms with E-state index in [0.29, 0.717) is 29.2 Å². The topological polar surface area (TPSA) is 103 Å². The molecule has 0 heterocycles. The van der Waals surface area contributed by atoms with Gasteiger partial charge in [0.1, 0.15) is 11.5 Å². The number of nitrogens with one attached hydrogen (secondary N) is 1. The van der Waals surface area contributed by atoms with Crippen molar-refractivity contribution in [3.63, 3.8) is 0 Å². The summed E-state index contributed by atoms with van der Waals surface area (Å²) in [5, 5.41) is 30.9. The molecule has 2 rings (SSSR count). The molecule has 0 spiro atoms. The van der Waals surface area contributed by atoms with Crippen molar-refractivity contribution < 1.29 is 19.7 Å². The van der Waals surface area contributed by atoms with E-state index in [-0.39, 0.29) is 5.75 Å². The number of anilines is 1. The summed E-state index contributed by atoms with van der Waals surface area (Å²) in [6.45, 7) is 2.21. The first-order chi connectivity index (χ1) is 11.0. The quantitative estimate of drug-likeness (QED) is 0.758. The minimum absolute atomic E-state index is 0.0705. The largest absolute Gasteiger partial charge is 0.508 e. The number of ether oxygens (including phenoxy) is 1. The van der Waals surface area contributed by atoms with Gasteiger partial charge >= 0.3 is 5.97 Å². The molecule has 6 heteroatoms. The minimum atomic E-state index is -1.09. The number of hydrogen-bond acceptors (Lipinski definition) is 5. The van der Waals surface area contributed by atoms with E-state index in [1.54, 1.807) is 37.3 Å². The SMILES string of the molecule is CCOc1cc(O)cc(C(Nc2ccc(C#N)cc2)C(=O)O)c1. The summed E-state index contributed by atoms with van der Waals surface area (Å²) in [4.78, 5) is 11.6. The summed E-state index contributed by atoms with van der Waals surface area (Å²) < 4.78 is 5.32. The fourth-order valence-electron chi connectivity index (χ4n) is 2.12. The van der Waals surface area contributed by atoms with Crippen LogP contribution in [0.4, 0.5) is 5.69 Å². The zero-order valence-electron chi connectivity index (χ0n) is 12.5. The van der Waals surface area contributed by atoms with Gasteiger partial charge in [0.05, 0.1) is 18.2 Å². The number of benzene rings is 2. The number of aliphatic carboxylic acids is 1. The lowest BCUT2D eigenvalue weighted by Crippen LogP contribution is -2.20. The number of nitriles is 1. The fraction of sp³-hybridized carbons (Fsp3) is 0.176. The van der Waals surface area contributed by atoms with Crippen LogP contribution in [-0.2, 0) is 4.79 Å². The van der Waals surface area contributed by atoms with Gasteiger partial charge < -0.3 is 20.3 Å². The van der Waals surface area contributed by atoms with Gasteiger partial charge in [-0.2, -0.15) is 5.26 Å². The number of phenolic OH excluding ortho intramolecular Hbond substituents is 1. The van der Waals surface area contributed by atoms with Crippen LogP contribution in [0.25, 0.3) is 0 Å². The Morgan fingerprint density at radius 1 is 1.30 bits per heavy atom. The molecule has 0 bridgehead atoms. The van der Waals surface area contributed by atoms with Crippen LogP contribution in [0.15, 0.2) is 42.5 Å². The second kappa shape index (κ2) is 7.18. The Balaban J connectivity index is 2.31. The maximum Gasteiger partial charge on any atom is 0.330 e. The predicted molar refractivity (Wildman–Crippen MR) is 84.4 cm³/mol. The lowest BCUT2D eigenvalue weighted by atomic mass is 10.1. The molecular weight excluding hydrogens is 296 g/mol. The molecule has 0 radical (unpaired) electrons. The van der Waals surface area contributed by atoms with Crippen molar-refractivity contribution in [2.24, 2.45) is 0 Å². The first kappa shape index (κ1) is 16.2. The molecule has 118 valence electrons. The molecule has 0 amide bonds. The second-order valence-electron chi connectivity index (χ2n) is 4.80. The molecule has 6 nitrogen and oxygen atoms in total. The number of carboxylic acid groups (broad SMARTS) is 1. The third kappa shape index (κ3) is 4.14. The summed E-state index contributed by atoms with van der Waals surface area (Å²) in [6, 6.07) is 11.7. The van der Waals surface area contributed by atoms with E-state index in [1.807, 2.05) is 6.07 Å². The van der Waals surface area contributed by atoms with Crippen molar-refractivity contribution in [3.8, 4) is 17.6 Å². The average molecular weight is 312 g/mol. The van der Waals surface area contributed by atoms with Crippen LogP contribution in [0.1, 0.15) is 24.1 Å². The molecule has 0 aromatic heterocycles. The zero-order valence-corrected chi connectivity index (χ0v) is 12.5. The first-order valence-corrected chi connectivity index (χ1v) is 6.99. The summed E-state index contributed by atoms with van der Waals surface area (Å²) >= 11 is 0. The molecule has 0 fully saturated rings. The Bertz CT molecular complexity index is 735. The molecule has 0 aliphatic heterocycles. The van der Waals surface area contributed by atoms with Crippen molar-refractivity contribution in [1.82, 2.24) is 0 Å². The highest BCUT2D eigenvalue weighted by Gasteiger charge is 2.21. The standard InChI is InChI=1S/C17H16N2O4/c1-2-23-15-8-12(7-14(20)9-15)16(17(21)22)19-13-5-3-11(10-18)4-6-13/h3-9,16,19-20H,2H2,1H3,(H,21,22). The monoisotopic (exact) mass is 312 g/mol. The number of carbonyl (C=O) groups is 1. The van der Waals surface area contributed by atoms with E-state index in [9.17, 15) is 15.0 Å². The van der Waals surface area contributed by atoms with E-state index < -0.39 is 12.0 Å². The van der Waals surface area contributed by atoms with Crippen molar-refractivity contribution in [1.29, 1.82) is 5.26 Å². The van der Waals surface area contributed by atoms with Gasteiger partial charge in [-0.1, -0.05) is 0 Å². The molecule has 2 aromatic carbocycles. The Hall–Kier alpha value is -3.20. The van der Waals surface area contributed by atoms with Crippen LogP contribution in [0.2, 0.25) is 0 Å². The molecule has 0 aliphatic rings. The third-order valence-corrected chi connectivity index (χ3v) is 3.13. The van der Waals surface area contributed by atoms with Crippen molar-refractivity contribution in [2.75, 3.05) is 11.9 Å². The maximum absolute atomic E-state index is 11.6. The molecule has 1 atom stereocenters. The van der Waals surface area contributed by atoms with Crippen LogP contribution in [0, 0.1) is 11.3 Å². The van der Waals surface area contributed by atoms with Crippen LogP contribution in [0.5, 0.6) is 11.5 Å². The summed E-state index contributed by atoms with van der Waals surface area (Å²) in [5.41, 5.74) is 1.40. The molecule has 0 aliphatic carbocycles. The second-order valence-corrected chi connectivity index (χ2v) is 4.80. The van der Waals surface area contributed by atoms with Crippen molar-refractivity contribution in [3.05, 3.63) is 53.6 Å². The Morgan fingerprint density at radius 2 is 2.00 bits per heavy atom. The normalized spacial score (nSPS) is 11.3. The minimum Gasteiger partial charge on any atom is -0.508 e. The van der Waals surface area contributed by atoms with E-state index in [2.05, 4.69) is 5.32 Å². The van der Waals surface area contributed by atoms with Gasteiger partial charge in [0.2, 0.25) is 0 Å². The van der Waals surface area contributed by atoms with Gasteiger partial charge in [-0.15, -0.1) is 0 Å². The van der Waals surface area contributed by atoms with Gasteiger partial charge in [0.25, 0.3) is 0 Å². The van der Waals surface area contributed by atoms with E-state index in [4.69, 9.17) is 10.00 Å². The summed E-state index contributed by atoms with van der Waals surface area (Å²) in [7, 11) is 0. The smallest absolute Gasteiger partial charge is 0.330 e.